The van der Waals surface area contributed by atoms with E-state index >= 15 is 0 Å². The molecule has 1 atom stereocenters. The molecule has 1 aliphatic heterocycles. The predicted octanol–water partition coefficient (Wildman–Crippen LogP) is 2.54. The molecule has 1 saturated heterocycles. The number of carbonyl (C=O) groups is 1. The minimum Gasteiger partial charge on any atom is -0.480 e. The van der Waals surface area contributed by atoms with Crippen LogP contribution in [0.25, 0.3) is 0 Å². The third kappa shape index (κ3) is 3.18. The minimum atomic E-state index is -0.174. The molecule has 3 rings (SSSR count). The summed E-state index contributed by atoms with van der Waals surface area (Å²) >= 11 is 0. The van der Waals surface area contributed by atoms with Gasteiger partial charge in [-0.15, -0.1) is 0 Å². The Morgan fingerprint density at radius 2 is 2.26 bits per heavy atom. The van der Waals surface area contributed by atoms with Crippen molar-refractivity contribution < 1.29 is 14.1 Å². The van der Waals surface area contributed by atoms with Gasteiger partial charge in [-0.2, -0.15) is 4.98 Å². The predicted molar refractivity (Wildman–Crippen MR) is 82.1 cm³/mol. The van der Waals surface area contributed by atoms with Gasteiger partial charge in [0.2, 0.25) is 11.8 Å². The van der Waals surface area contributed by atoms with Crippen LogP contribution in [0.1, 0.15) is 53.8 Å². The van der Waals surface area contributed by atoms with Crippen LogP contribution >= 0.6 is 0 Å². The molecule has 1 fully saturated rings. The highest BCUT2D eigenvalue weighted by molar-refractivity contribution is 5.96. The number of aryl methyl sites for hydroxylation is 1. The summed E-state index contributed by atoms with van der Waals surface area (Å²) in [6.07, 6.45) is 5.51. The monoisotopic (exact) mass is 316 g/mol. The third-order valence-corrected chi connectivity index (χ3v) is 4.05. The van der Waals surface area contributed by atoms with E-state index in [1.165, 1.54) is 7.11 Å². The maximum absolute atomic E-state index is 13.0. The van der Waals surface area contributed by atoms with Gasteiger partial charge in [0.05, 0.1) is 13.2 Å². The number of carbonyl (C=O) groups excluding carboxylic acids is 1. The number of ether oxygens (including phenoxy) is 1. The lowest BCUT2D eigenvalue weighted by Crippen LogP contribution is -2.35. The molecule has 7 heteroatoms. The van der Waals surface area contributed by atoms with Crippen molar-refractivity contribution in [2.75, 3.05) is 13.7 Å². The largest absolute Gasteiger partial charge is 0.480 e. The Balaban J connectivity index is 1.94. The molecule has 0 aliphatic carbocycles. The first-order chi connectivity index (χ1) is 11.2. The fourth-order valence-electron chi connectivity index (χ4n) is 2.94. The van der Waals surface area contributed by atoms with E-state index in [4.69, 9.17) is 9.26 Å². The van der Waals surface area contributed by atoms with Crippen LogP contribution in [0.3, 0.4) is 0 Å². The van der Waals surface area contributed by atoms with Crippen LogP contribution in [0.5, 0.6) is 5.88 Å². The number of rotatable bonds is 3. The quantitative estimate of drug-likeness (QED) is 0.865. The summed E-state index contributed by atoms with van der Waals surface area (Å²) in [5, 5.41) is 4.02. The standard InChI is InChI=1S/C16H20N4O3/c1-11-18-14(19-23-11)13-8-4-3-5-10-20(13)16(21)12-7-6-9-17-15(12)22-2/h6-7,9,13H,3-5,8,10H2,1-2H3/t13-/m0/s1. The second-order valence-electron chi connectivity index (χ2n) is 5.60. The molecule has 23 heavy (non-hydrogen) atoms. The van der Waals surface area contributed by atoms with Gasteiger partial charge in [0, 0.05) is 19.7 Å². The zero-order valence-corrected chi connectivity index (χ0v) is 13.4. The molecule has 7 nitrogen and oxygen atoms in total. The van der Waals surface area contributed by atoms with Crippen molar-refractivity contribution in [3.63, 3.8) is 0 Å². The van der Waals surface area contributed by atoms with Crippen LogP contribution in [0.4, 0.5) is 0 Å². The van der Waals surface area contributed by atoms with Crippen molar-refractivity contribution >= 4 is 5.91 Å². The van der Waals surface area contributed by atoms with Gasteiger partial charge < -0.3 is 14.2 Å². The molecular formula is C16H20N4O3. The summed E-state index contributed by atoms with van der Waals surface area (Å²) in [6, 6.07) is 3.30. The molecule has 0 spiro atoms. The molecule has 1 aliphatic rings. The highest BCUT2D eigenvalue weighted by atomic mass is 16.5. The summed E-state index contributed by atoms with van der Waals surface area (Å²) in [5.74, 6) is 1.31. The number of methoxy groups -OCH3 is 1. The van der Waals surface area contributed by atoms with Crippen molar-refractivity contribution in [3.05, 3.63) is 35.6 Å². The molecule has 122 valence electrons. The van der Waals surface area contributed by atoms with Gasteiger partial charge in [-0.3, -0.25) is 4.79 Å². The maximum Gasteiger partial charge on any atom is 0.259 e. The minimum absolute atomic E-state index is 0.107. The topological polar surface area (TPSA) is 81.4 Å². The molecule has 0 N–H and O–H groups in total. The van der Waals surface area contributed by atoms with Gasteiger partial charge in [-0.05, 0) is 25.0 Å². The molecule has 0 unspecified atom stereocenters. The van der Waals surface area contributed by atoms with Gasteiger partial charge in [0.25, 0.3) is 5.91 Å². The zero-order valence-electron chi connectivity index (χ0n) is 13.4. The molecule has 0 aromatic carbocycles. The normalized spacial score (nSPS) is 18.5. The molecule has 3 heterocycles. The van der Waals surface area contributed by atoms with Gasteiger partial charge in [0.15, 0.2) is 5.82 Å². The van der Waals surface area contributed by atoms with Crippen molar-refractivity contribution in [2.24, 2.45) is 0 Å². The Labute approximate surface area is 134 Å². The highest BCUT2D eigenvalue weighted by Crippen LogP contribution is 2.31. The lowest BCUT2D eigenvalue weighted by atomic mass is 10.1. The zero-order chi connectivity index (χ0) is 16.2. The molecule has 0 radical (unpaired) electrons. The Bertz CT molecular complexity index is 685. The second kappa shape index (κ2) is 6.76. The number of likely N-dealkylation sites (tertiary alicyclic amines) is 1. The molecule has 1 amide bonds. The van der Waals surface area contributed by atoms with Crippen LogP contribution in [-0.4, -0.2) is 39.6 Å². The van der Waals surface area contributed by atoms with Crippen molar-refractivity contribution in [1.29, 1.82) is 0 Å². The lowest BCUT2D eigenvalue weighted by molar-refractivity contribution is 0.0666. The molecule has 2 aromatic rings. The summed E-state index contributed by atoms with van der Waals surface area (Å²) in [4.78, 5) is 23.3. The summed E-state index contributed by atoms with van der Waals surface area (Å²) < 4.78 is 10.3. The molecule has 0 bridgehead atoms. The SMILES string of the molecule is COc1ncccc1C(=O)N1CCCCC[C@H]1c1noc(C)n1. The first kappa shape index (κ1) is 15.5. The number of amides is 1. The summed E-state index contributed by atoms with van der Waals surface area (Å²) in [5.41, 5.74) is 0.460. The van der Waals surface area contributed by atoms with E-state index in [0.717, 1.165) is 25.7 Å². The van der Waals surface area contributed by atoms with E-state index in [0.29, 0.717) is 29.7 Å². The number of aromatic nitrogens is 3. The summed E-state index contributed by atoms with van der Waals surface area (Å²) in [6.45, 7) is 2.42. The van der Waals surface area contributed by atoms with E-state index in [1.54, 1.807) is 25.3 Å². The van der Waals surface area contributed by atoms with E-state index < -0.39 is 0 Å². The van der Waals surface area contributed by atoms with Crippen molar-refractivity contribution in [2.45, 2.75) is 38.6 Å². The van der Waals surface area contributed by atoms with Crippen molar-refractivity contribution in [1.82, 2.24) is 20.0 Å². The van der Waals surface area contributed by atoms with Crippen molar-refractivity contribution in [3.8, 4) is 5.88 Å². The Hall–Kier alpha value is -2.44. The molecule has 0 saturated carbocycles. The second-order valence-corrected chi connectivity index (χ2v) is 5.60. The van der Waals surface area contributed by atoms with E-state index in [9.17, 15) is 4.79 Å². The van der Waals surface area contributed by atoms with Crippen LogP contribution in [0, 0.1) is 6.92 Å². The van der Waals surface area contributed by atoms with Crippen LogP contribution in [-0.2, 0) is 0 Å². The van der Waals surface area contributed by atoms with Gasteiger partial charge >= 0.3 is 0 Å². The van der Waals surface area contributed by atoms with Crippen LogP contribution in [0.15, 0.2) is 22.9 Å². The maximum atomic E-state index is 13.0. The highest BCUT2D eigenvalue weighted by Gasteiger charge is 2.32. The average molecular weight is 316 g/mol. The fraction of sp³-hybridized carbons (Fsp3) is 0.500. The third-order valence-electron chi connectivity index (χ3n) is 4.05. The van der Waals surface area contributed by atoms with Gasteiger partial charge in [0.1, 0.15) is 5.56 Å². The lowest BCUT2D eigenvalue weighted by Gasteiger charge is -2.28. The van der Waals surface area contributed by atoms with Gasteiger partial charge in [-0.25, -0.2) is 4.98 Å². The van der Waals surface area contributed by atoms with E-state index in [2.05, 4.69) is 15.1 Å². The smallest absolute Gasteiger partial charge is 0.259 e. The Morgan fingerprint density at radius 3 is 3.00 bits per heavy atom. The van der Waals surface area contributed by atoms with Crippen LogP contribution in [0.2, 0.25) is 0 Å². The van der Waals surface area contributed by atoms with Gasteiger partial charge in [-0.1, -0.05) is 18.0 Å². The molecule has 2 aromatic heterocycles. The summed E-state index contributed by atoms with van der Waals surface area (Å²) in [7, 11) is 1.52. The Morgan fingerprint density at radius 1 is 1.39 bits per heavy atom. The molecular weight excluding hydrogens is 296 g/mol. The number of hydrogen-bond acceptors (Lipinski definition) is 6. The number of nitrogens with zero attached hydrogens (tertiary/aromatic N) is 4. The fourth-order valence-corrected chi connectivity index (χ4v) is 2.94. The van der Waals surface area contributed by atoms with E-state index in [-0.39, 0.29) is 11.9 Å². The van der Waals surface area contributed by atoms with Crippen LogP contribution < -0.4 is 4.74 Å². The number of pyridine rings is 1. The first-order valence-corrected chi connectivity index (χ1v) is 7.81. The first-order valence-electron chi connectivity index (χ1n) is 7.81. The Kier molecular flexibility index (Phi) is 4.55. The average Bonchev–Trinajstić information content (AvgIpc) is 2.86. The van der Waals surface area contributed by atoms with E-state index in [1.807, 2.05) is 4.90 Å². The number of hydrogen-bond donors (Lipinski definition) is 0.